The van der Waals surface area contributed by atoms with E-state index in [1.807, 2.05) is 0 Å². The Balaban J connectivity index is 1.75. The zero-order valence-corrected chi connectivity index (χ0v) is 15.6. The van der Waals surface area contributed by atoms with Crippen LogP contribution in [0.5, 0.6) is 5.75 Å². The van der Waals surface area contributed by atoms with Crippen LogP contribution >= 0.6 is 35.6 Å². The summed E-state index contributed by atoms with van der Waals surface area (Å²) in [5.74, 6) is -0.397. The zero-order chi connectivity index (χ0) is 18.7. The summed E-state index contributed by atoms with van der Waals surface area (Å²) >= 11 is 12.6. The van der Waals surface area contributed by atoms with Crippen LogP contribution in [0.4, 0.5) is 0 Å². The number of hydrogen-bond acceptors (Lipinski definition) is 6. The third kappa shape index (κ3) is 4.27. The molecule has 0 bridgehead atoms. The average Bonchev–Trinajstić information content (AvgIpc) is 3.18. The van der Waals surface area contributed by atoms with Gasteiger partial charge in [-0.2, -0.15) is 0 Å². The molecule has 0 spiro atoms. The predicted molar refractivity (Wildman–Crippen MR) is 102 cm³/mol. The second kappa shape index (κ2) is 7.94. The van der Waals surface area contributed by atoms with Crippen LogP contribution in [0.2, 0.25) is 5.02 Å². The fourth-order valence-electron chi connectivity index (χ4n) is 2.21. The van der Waals surface area contributed by atoms with Gasteiger partial charge in [0.05, 0.1) is 22.7 Å². The number of aliphatic carboxylic acids is 1. The van der Waals surface area contributed by atoms with Crippen LogP contribution < -0.4 is 4.74 Å². The minimum atomic E-state index is -1.09. The van der Waals surface area contributed by atoms with Crippen LogP contribution in [-0.2, 0) is 16.1 Å². The summed E-state index contributed by atoms with van der Waals surface area (Å²) < 4.78 is 10.8. The number of rotatable bonds is 6. The van der Waals surface area contributed by atoms with Gasteiger partial charge < -0.3 is 14.3 Å². The Morgan fingerprint density at radius 1 is 1.42 bits per heavy atom. The van der Waals surface area contributed by atoms with Crippen molar-refractivity contribution in [1.29, 1.82) is 0 Å². The molecule has 1 aromatic heterocycles. The van der Waals surface area contributed by atoms with Gasteiger partial charge in [-0.3, -0.25) is 9.69 Å². The van der Waals surface area contributed by atoms with Crippen molar-refractivity contribution in [2.45, 2.75) is 6.54 Å². The van der Waals surface area contributed by atoms with E-state index in [4.69, 9.17) is 38.1 Å². The molecule has 26 heavy (non-hydrogen) atoms. The minimum absolute atomic E-state index is 0.210. The number of ether oxygens (including phenoxy) is 1. The molecule has 2 aromatic rings. The maximum atomic E-state index is 12.6. The van der Waals surface area contributed by atoms with E-state index in [2.05, 4.69) is 0 Å². The number of thioether (sulfide) groups is 1. The number of halogens is 1. The van der Waals surface area contributed by atoms with E-state index in [1.54, 1.807) is 42.7 Å². The van der Waals surface area contributed by atoms with Gasteiger partial charge in [-0.15, -0.1) is 0 Å². The van der Waals surface area contributed by atoms with Crippen LogP contribution in [0.15, 0.2) is 45.9 Å². The number of benzene rings is 1. The Labute approximate surface area is 163 Å². The molecule has 1 amide bonds. The SMILES string of the molecule is O=C(O)COc1ccc(/C=C2\SC(=S)N(Cc3ccco3)C2=O)cc1Cl. The Hall–Kier alpha value is -2.29. The molecular formula is C17H12ClNO5S2. The van der Waals surface area contributed by atoms with Crippen molar-refractivity contribution in [2.75, 3.05) is 6.61 Å². The normalized spacial score (nSPS) is 15.7. The summed E-state index contributed by atoms with van der Waals surface area (Å²) in [5.41, 5.74) is 0.677. The first-order chi connectivity index (χ1) is 12.4. The average molecular weight is 410 g/mol. The van der Waals surface area contributed by atoms with Crippen molar-refractivity contribution >= 4 is 57.9 Å². The van der Waals surface area contributed by atoms with E-state index >= 15 is 0 Å². The third-order valence-corrected chi connectivity index (χ3v) is 5.05. The van der Waals surface area contributed by atoms with Gasteiger partial charge in [-0.25, -0.2) is 4.79 Å². The largest absolute Gasteiger partial charge is 0.480 e. The van der Waals surface area contributed by atoms with Gasteiger partial charge in [0.2, 0.25) is 0 Å². The highest BCUT2D eigenvalue weighted by Gasteiger charge is 2.32. The summed E-state index contributed by atoms with van der Waals surface area (Å²) in [6.45, 7) is -0.206. The van der Waals surface area contributed by atoms with Crippen molar-refractivity contribution < 1.29 is 23.8 Å². The monoisotopic (exact) mass is 409 g/mol. The number of carboxylic acid groups (broad SMARTS) is 1. The molecule has 0 aliphatic carbocycles. The van der Waals surface area contributed by atoms with E-state index in [1.165, 1.54) is 16.7 Å². The van der Waals surface area contributed by atoms with E-state index in [9.17, 15) is 9.59 Å². The molecule has 6 nitrogen and oxygen atoms in total. The molecule has 1 saturated heterocycles. The van der Waals surface area contributed by atoms with Crippen LogP contribution in [-0.4, -0.2) is 32.8 Å². The van der Waals surface area contributed by atoms with Crippen molar-refractivity contribution in [1.82, 2.24) is 4.90 Å². The summed E-state index contributed by atoms with van der Waals surface area (Å²) in [6, 6.07) is 8.36. The molecule has 0 atom stereocenters. The first kappa shape index (κ1) is 18.5. The molecule has 0 saturated carbocycles. The number of furan rings is 1. The Morgan fingerprint density at radius 2 is 2.23 bits per heavy atom. The quantitative estimate of drug-likeness (QED) is 0.574. The van der Waals surface area contributed by atoms with Crippen molar-refractivity contribution in [3.8, 4) is 5.75 Å². The maximum Gasteiger partial charge on any atom is 0.341 e. The number of nitrogens with zero attached hydrogens (tertiary/aromatic N) is 1. The topological polar surface area (TPSA) is 80.0 Å². The van der Waals surface area contributed by atoms with E-state index < -0.39 is 12.6 Å². The van der Waals surface area contributed by atoms with Gasteiger partial charge in [-0.05, 0) is 35.9 Å². The molecular weight excluding hydrogens is 398 g/mol. The first-order valence-electron chi connectivity index (χ1n) is 7.36. The second-order valence-corrected chi connectivity index (χ2v) is 7.30. The molecule has 0 unspecified atom stereocenters. The highest BCUT2D eigenvalue weighted by molar-refractivity contribution is 8.26. The minimum Gasteiger partial charge on any atom is -0.480 e. The molecule has 1 aliphatic heterocycles. The molecule has 2 heterocycles. The van der Waals surface area contributed by atoms with Crippen molar-refractivity contribution in [3.05, 3.63) is 57.8 Å². The Bertz CT molecular complexity index is 895. The molecule has 1 aromatic carbocycles. The standard InChI is InChI=1S/C17H12ClNO5S2/c18-12-6-10(3-4-13(12)24-9-15(20)21)7-14-16(22)19(17(25)26-14)8-11-2-1-5-23-11/h1-7H,8-9H2,(H,20,21)/b14-7-. The molecule has 3 rings (SSSR count). The van der Waals surface area contributed by atoms with Gasteiger partial charge >= 0.3 is 5.97 Å². The number of thiocarbonyl (C=S) groups is 1. The summed E-state index contributed by atoms with van der Waals surface area (Å²) in [5, 5.41) is 8.89. The van der Waals surface area contributed by atoms with Gasteiger partial charge in [0, 0.05) is 0 Å². The van der Waals surface area contributed by atoms with Crippen LogP contribution in [0.1, 0.15) is 11.3 Å². The molecule has 1 fully saturated rings. The number of carboxylic acids is 1. The maximum absolute atomic E-state index is 12.6. The molecule has 0 radical (unpaired) electrons. The molecule has 1 aliphatic rings. The smallest absolute Gasteiger partial charge is 0.341 e. The molecule has 134 valence electrons. The first-order valence-corrected chi connectivity index (χ1v) is 8.96. The molecule has 9 heteroatoms. The fraction of sp³-hybridized carbons (Fsp3) is 0.118. The number of carbonyl (C=O) groups excluding carboxylic acids is 1. The number of hydrogen-bond donors (Lipinski definition) is 1. The predicted octanol–water partition coefficient (Wildman–Crippen LogP) is 3.80. The van der Waals surface area contributed by atoms with Crippen LogP contribution in [0.25, 0.3) is 6.08 Å². The van der Waals surface area contributed by atoms with Gasteiger partial charge in [0.25, 0.3) is 5.91 Å². The Kier molecular flexibility index (Phi) is 5.65. The number of carbonyl (C=O) groups is 2. The van der Waals surface area contributed by atoms with Gasteiger partial charge in [0.1, 0.15) is 15.8 Å². The number of amides is 1. The fourth-order valence-corrected chi connectivity index (χ4v) is 3.71. The summed E-state index contributed by atoms with van der Waals surface area (Å²) in [7, 11) is 0. The van der Waals surface area contributed by atoms with E-state index in [-0.39, 0.29) is 23.2 Å². The lowest BCUT2D eigenvalue weighted by atomic mass is 10.2. The van der Waals surface area contributed by atoms with Gasteiger partial charge in [-0.1, -0.05) is 41.6 Å². The van der Waals surface area contributed by atoms with Crippen molar-refractivity contribution in [3.63, 3.8) is 0 Å². The van der Waals surface area contributed by atoms with Gasteiger partial charge in [0.15, 0.2) is 6.61 Å². The highest BCUT2D eigenvalue weighted by atomic mass is 35.5. The van der Waals surface area contributed by atoms with Crippen LogP contribution in [0.3, 0.4) is 0 Å². The van der Waals surface area contributed by atoms with Crippen molar-refractivity contribution in [2.24, 2.45) is 0 Å². The summed E-state index contributed by atoms with van der Waals surface area (Å²) in [6.07, 6.45) is 3.22. The van der Waals surface area contributed by atoms with Crippen LogP contribution in [0, 0.1) is 0 Å². The third-order valence-electron chi connectivity index (χ3n) is 3.37. The zero-order valence-electron chi connectivity index (χ0n) is 13.2. The molecule has 1 N–H and O–H groups in total. The lowest BCUT2D eigenvalue weighted by Crippen LogP contribution is -2.27. The Morgan fingerprint density at radius 3 is 2.88 bits per heavy atom. The second-order valence-electron chi connectivity index (χ2n) is 5.22. The summed E-state index contributed by atoms with van der Waals surface area (Å²) in [4.78, 5) is 25.0. The lowest BCUT2D eigenvalue weighted by molar-refractivity contribution is -0.139. The highest BCUT2D eigenvalue weighted by Crippen LogP contribution is 2.34. The lowest BCUT2D eigenvalue weighted by Gasteiger charge is -2.12. The van der Waals surface area contributed by atoms with E-state index in [0.717, 1.165) is 0 Å². The van der Waals surface area contributed by atoms with E-state index in [0.29, 0.717) is 20.5 Å².